The molecule has 1 amide bonds. The minimum absolute atomic E-state index is 0.125. The zero-order valence-corrected chi connectivity index (χ0v) is 15.1. The van der Waals surface area contributed by atoms with Crippen molar-refractivity contribution in [2.75, 3.05) is 18.0 Å². The van der Waals surface area contributed by atoms with Crippen LogP contribution in [0.5, 0.6) is 0 Å². The highest BCUT2D eigenvalue weighted by Gasteiger charge is 2.26. The number of hydrogen-bond acceptors (Lipinski definition) is 5. The summed E-state index contributed by atoms with van der Waals surface area (Å²) in [4.78, 5) is 19.0. The van der Waals surface area contributed by atoms with E-state index in [1.807, 2.05) is 32.0 Å². The van der Waals surface area contributed by atoms with Gasteiger partial charge < -0.3 is 10.2 Å². The van der Waals surface area contributed by atoms with Crippen molar-refractivity contribution in [3.8, 4) is 0 Å². The van der Waals surface area contributed by atoms with E-state index in [2.05, 4.69) is 31.7 Å². The van der Waals surface area contributed by atoms with Crippen LogP contribution in [-0.4, -0.2) is 34.4 Å². The second kappa shape index (κ2) is 7.75. The van der Waals surface area contributed by atoms with Crippen molar-refractivity contribution in [2.45, 2.75) is 39.2 Å². The maximum Gasteiger partial charge on any atom is 0.223 e. The lowest BCUT2D eigenvalue weighted by atomic mass is 9.96. The number of benzene rings is 1. The molecule has 0 saturated carbocycles. The molecule has 0 bridgehead atoms. The van der Waals surface area contributed by atoms with E-state index in [4.69, 9.17) is 0 Å². The molecule has 1 aromatic heterocycles. The Bertz CT molecular complexity index is 663. The van der Waals surface area contributed by atoms with Crippen LogP contribution in [0.4, 0.5) is 5.13 Å². The standard InChI is InChI=1S/C18H24N4OS/c1-13(2)19-17(23)15-8-10-22(11-9-15)18-20-16(21-24-18)12-14-6-4-3-5-7-14/h3-7,13,15H,8-12H2,1-2H3,(H,19,23). The van der Waals surface area contributed by atoms with Crippen LogP contribution >= 0.6 is 11.5 Å². The van der Waals surface area contributed by atoms with Gasteiger partial charge in [-0.3, -0.25) is 4.79 Å². The maximum atomic E-state index is 12.1. The first-order valence-corrected chi connectivity index (χ1v) is 9.31. The van der Waals surface area contributed by atoms with Crippen molar-refractivity contribution in [3.05, 3.63) is 41.7 Å². The van der Waals surface area contributed by atoms with Crippen LogP contribution in [0.2, 0.25) is 0 Å². The Hall–Kier alpha value is -1.95. The molecule has 5 nitrogen and oxygen atoms in total. The Labute approximate surface area is 147 Å². The molecular formula is C18H24N4OS. The molecule has 24 heavy (non-hydrogen) atoms. The molecule has 0 aliphatic carbocycles. The third-order valence-corrected chi connectivity index (χ3v) is 5.04. The highest BCUT2D eigenvalue weighted by atomic mass is 32.1. The minimum Gasteiger partial charge on any atom is -0.354 e. The fourth-order valence-corrected chi connectivity index (χ4v) is 3.70. The fourth-order valence-electron chi connectivity index (χ4n) is 2.96. The number of carbonyl (C=O) groups is 1. The van der Waals surface area contributed by atoms with Gasteiger partial charge in [0.1, 0.15) is 5.82 Å². The fraction of sp³-hybridized carbons (Fsp3) is 0.500. The quantitative estimate of drug-likeness (QED) is 0.906. The molecule has 2 heterocycles. The van der Waals surface area contributed by atoms with Crippen molar-refractivity contribution in [2.24, 2.45) is 5.92 Å². The van der Waals surface area contributed by atoms with Gasteiger partial charge in [-0.1, -0.05) is 30.3 Å². The third-order valence-electron chi connectivity index (χ3n) is 4.23. The number of hydrogen-bond donors (Lipinski definition) is 1. The number of aromatic nitrogens is 2. The van der Waals surface area contributed by atoms with E-state index in [1.165, 1.54) is 17.1 Å². The molecule has 0 unspecified atom stereocenters. The van der Waals surface area contributed by atoms with Crippen LogP contribution < -0.4 is 10.2 Å². The van der Waals surface area contributed by atoms with Crippen molar-refractivity contribution < 1.29 is 4.79 Å². The van der Waals surface area contributed by atoms with Gasteiger partial charge in [0.15, 0.2) is 0 Å². The number of nitrogens with zero attached hydrogens (tertiary/aromatic N) is 3. The first-order chi connectivity index (χ1) is 11.6. The lowest BCUT2D eigenvalue weighted by Gasteiger charge is -2.31. The largest absolute Gasteiger partial charge is 0.354 e. The molecule has 1 fully saturated rings. The molecule has 2 aromatic rings. The van der Waals surface area contributed by atoms with Gasteiger partial charge in [-0.2, -0.15) is 4.37 Å². The summed E-state index contributed by atoms with van der Waals surface area (Å²) in [6.07, 6.45) is 2.53. The van der Waals surface area contributed by atoms with E-state index in [0.717, 1.165) is 43.3 Å². The summed E-state index contributed by atoms with van der Waals surface area (Å²) in [7, 11) is 0. The number of nitrogens with one attached hydrogen (secondary N) is 1. The Morgan fingerprint density at radius 2 is 2.00 bits per heavy atom. The molecule has 0 radical (unpaired) electrons. The normalized spacial score (nSPS) is 15.7. The molecule has 1 saturated heterocycles. The number of piperidine rings is 1. The van der Waals surface area contributed by atoms with Crippen LogP contribution in [0.15, 0.2) is 30.3 Å². The SMILES string of the molecule is CC(C)NC(=O)C1CCN(c2nc(Cc3ccccc3)ns2)CC1. The van der Waals surface area contributed by atoms with Crippen LogP contribution in [-0.2, 0) is 11.2 Å². The van der Waals surface area contributed by atoms with Crippen LogP contribution in [0.3, 0.4) is 0 Å². The molecule has 1 N–H and O–H groups in total. The minimum atomic E-state index is 0.125. The smallest absolute Gasteiger partial charge is 0.223 e. The van der Waals surface area contributed by atoms with Gasteiger partial charge in [0.2, 0.25) is 11.0 Å². The molecule has 3 rings (SSSR count). The summed E-state index contributed by atoms with van der Waals surface area (Å²) in [5, 5.41) is 3.99. The highest BCUT2D eigenvalue weighted by molar-refractivity contribution is 7.09. The van der Waals surface area contributed by atoms with E-state index < -0.39 is 0 Å². The second-order valence-electron chi connectivity index (χ2n) is 6.58. The molecular weight excluding hydrogens is 320 g/mol. The van der Waals surface area contributed by atoms with Crippen molar-refractivity contribution in [3.63, 3.8) is 0 Å². The predicted octanol–water partition coefficient (Wildman–Crippen LogP) is 2.87. The number of amides is 1. The monoisotopic (exact) mass is 344 g/mol. The van der Waals surface area contributed by atoms with Crippen molar-refractivity contribution in [1.82, 2.24) is 14.7 Å². The number of rotatable bonds is 5. The summed E-state index contributed by atoms with van der Waals surface area (Å²) in [6.45, 7) is 5.75. The Balaban J connectivity index is 1.54. The average molecular weight is 344 g/mol. The van der Waals surface area contributed by atoms with Crippen molar-refractivity contribution in [1.29, 1.82) is 0 Å². The molecule has 128 valence electrons. The third kappa shape index (κ3) is 4.32. The Kier molecular flexibility index (Phi) is 5.45. The topological polar surface area (TPSA) is 58.1 Å². The lowest BCUT2D eigenvalue weighted by Crippen LogP contribution is -2.42. The summed E-state index contributed by atoms with van der Waals surface area (Å²) in [6, 6.07) is 10.5. The Morgan fingerprint density at radius 1 is 1.29 bits per heavy atom. The number of carbonyl (C=O) groups excluding carboxylic acids is 1. The van der Waals surface area contributed by atoms with Gasteiger partial charge in [-0.15, -0.1) is 0 Å². The zero-order valence-electron chi connectivity index (χ0n) is 14.2. The first-order valence-electron chi connectivity index (χ1n) is 8.53. The van der Waals surface area contributed by atoms with Crippen molar-refractivity contribution >= 4 is 22.6 Å². The summed E-state index contributed by atoms with van der Waals surface area (Å²) in [5.74, 6) is 1.19. The van der Waals surface area contributed by atoms with E-state index >= 15 is 0 Å². The second-order valence-corrected chi connectivity index (χ2v) is 7.31. The van der Waals surface area contributed by atoms with E-state index in [1.54, 1.807) is 0 Å². The maximum absolute atomic E-state index is 12.1. The van der Waals surface area contributed by atoms with Crippen LogP contribution in [0.25, 0.3) is 0 Å². The first kappa shape index (κ1) is 16.9. The molecule has 1 aliphatic heterocycles. The van der Waals surface area contributed by atoms with Gasteiger partial charge in [-0.25, -0.2) is 4.98 Å². The molecule has 6 heteroatoms. The van der Waals surface area contributed by atoms with Gasteiger partial charge in [0, 0.05) is 43.0 Å². The van der Waals surface area contributed by atoms with E-state index in [-0.39, 0.29) is 17.9 Å². The molecule has 0 spiro atoms. The van der Waals surface area contributed by atoms with Gasteiger partial charge in [-0.05, 0) is 32.3 Å². The number of anilines is 1. The lowest BCUT2D eigenvalue weighted by molar-refractivity contribution is -0.126. The summed E-state index contributed by atoms with van der Waals surface area (Å²) < 4.78 is 4.49. The zero-order chi connectivity index (χ0) is 16.9. The summed E-state index contributed by atoms with van der Waals surface area (Å²) >= 11 is 1.46. The summed E-state index contributed by atoms with van der Waals surface area (Å²) in [5.41, 5.74) is 1.23. The molecule has 0 atom stereocenters. The van der Waals surface area contributed by atoms with E-state index in [0.29, 0.717) is 0 Å². The highest BCUT2D eigenvalue weighted by Crippen LogP contribution is 2.25. The van der Waals surface area contributed by atoms with Gasteiger partial charge in [0.25, 0.3) is 0 Å². The van der Waals surface area contributed by atoms with Crippen LogP contribution in [0, 0.1) is 5.92 Å². The predicted molar refractivity (Wildman–Crippen MR) is 97.4 cm³/mol. The van der Waals surface area contributed by atoms with Gasteiger partial charge in [0.05, 0.1) is 0 Å². The molecule has 1 aliphatic rings. The Morgan fingerprint density at radius 3 is 2.67 bits per heavy atom. The molecule has 1 aromatic carbocycles. The van der Waals surface area contributed by atoms with Gasteiger partial charge >= 0.3 is 0 Å². The van der Waals surface area contributed by atoms with Crippen LogP contribution in [0.1, 0.15) is 38.1 Å². The van der Waals surface area contributed by atoms with E-state index in [9.17, 15) is 4.79 Å². The average Bonchev–Trinajstić information content (AvgIpc) is 3.04.